The minimum absolute atomic E-state index is 0.0864. The number of aldehydes is 1. The normalized spacial score (nSPS) is 27.5. The van der Waals surface area contributed by atoms with E-state index in [9.17, 15) is 9.18 Å². The minimum atomic E-state index is -1.27. The van der Waals surface area contributed by atoms with Crippen molar-refractivity contribution in [3.05, 3.63) is 0 Å². The summed E-state index contributed by atoms with van der Waals surface area (Å²) in [6.45, 7) is 7.96. The van der Waals surface area contributed by atoms with Gasteiger partial charge in [0.15, 0.2) is 12.5 Å². The Morgan fingerprint density at radius 2 is 2.15 bits per heavy atom. The molecule has 2 nitrogen and oxygen atoms in total. The van der Waals surface area contributed by atoms with Crippen molar-refractivity contribution in [1.82, 2.24) is 4.90 Å². The molecule has 1 saturated heterocycles. The van der Waals surface area contributed by atoms with Crippen LogP contribution in [0, 0.1) is 5.92 Å². The van der Waals surface area contributed by atoms with Gasteiger partial charge in [0.05, 0.1) is 0 Å². The molecule has 1 aliphatic rings. The van der Waals surface area contributed by atoms with Gasteiger partial charge in [0.1, 0.15) is 0 Å². The SMILES string of the molecule is CC(C)(C)N1CCC(C(F)C=O)C1. The van der Waals surface area contributed by atoms with Gasteiger partial charge in [-0.3, -0.25) is 4.90 Å². The average molecular weight is 187 g/mol. The highest BCUT2D eigenvalue weighted by atomic mass is 19.1. The molecule has 1 aliphatic heterocycles. The van der Waals surface area contributed by atoms with Gasteiger partial charge < -0.3 is 4.79 Å². The molecule has 0 saturated carbocycles. The summed E-state index contributed by atoms with van der Waals surface area (Å²) in [6, 6.07) is 0. The lowest BCUT2D eigenvalue weighted by atomic mass is 10.0. The van der Waals surface area contributed by atoms with Gasteiger partial charge in [0, 0.05) is 18.0 Å². The summed E-state index contributed by atoms with van der Waals surface area (Å²) in [5.41, 5.74) is 0.0946. The van der Waals surface area contributed by atoms with Crippen molar-refractivity contribution < 1.29 is 9.18 Å². The first-order chi connectivity index (χ1) is 5.95. The zero-order valence-electron chi connectivity index (χ0n) is 8.59. The third-order valence-corrected chi connectivity index (χ3v) is 2.75. The van der Waals surface area contributed by atoms with Gasteiger partial charge in [0.2, 0.25) is 0 Å². The average Bonchev–Trinajstić information content (AvgIpc) is 2.50. The first kappa shape index (κ1) is 10.6. The molecule has 0 aromatic heterocycles. The molecule has 76 valence electrons. The summed E-state index contributed by atoms with van der Waals surface area (Å²) in [5, 5.41) is 0. The van der Waals surface area contributed by atoms with Crippen LogP contribution < -0.4 is 0 Å². The molecule has 1 rings (SSSR count). The van der Waals surface area contributed by atoms with Gasteiger partial charge in [-0.25, -0.2) is 4.39 Å². The Hall–Kier alpha value is -0.440. The predicted molar refractivity (Wildman–Crippen MR) is 50.4 cm³/mol. The molecule has 1 heterocycles. The van der Waals surface area contributed by atoms with Crippen LogP contribution in [0.2, 0.25) is 0 Å². The van der Waals surface area contributed by atoms with Crippen molar-refractivity contribution in [2.75, 3.05) is 13.1 Å². The molecule has 1 fully saturated rings. The smallest absolute Gasteiger partial charge is 0.159 e. The van der Waals surface area contributed by atoms with Crippen molar-refractivity contribution >= 4 is 6.29 Å². The first-order valence-corrected chi connectivity index (χ1v) is 4.79. The fraction of sp³-hybridized carbons (Fsp3) is 0.900. The third kappa shape index (κ3) is 2.50. The monoisotopic (exact) mass is 187 g/mol. The fourth-order valence-corrected chi connectivity index (χ4v) is 1.77. The first-order valence-electron chi connectivity index (χ1n) is 4.79. The van der Waals surface area contributed by atoms with Gasteiger partial charge in [-0.1, -0.05) is 0 Å². The summed E-state index contributed by atoms with van der Waals surface area (Å²) in [6.07, 6.45) is -0.0408. The van der Waals surface area contributed by atoms with Crippen LogP contribution in [0.1, 0.15) is 27.2 Å². The van der Waals surface area contributed by atoms with Gasteiger partial charge in [-0.2, -0.15) is 0 Å². The Morgan fingerprint density at radius 1 is 1.54 bits per heavy atom. The highest BCUT2D eigenvalue weighted by Crippen LogP contribution is 2.26. The summed E-state index contributed by atoms with van der Waals surface area (Å²) in [4.78, 5) is 12.5. The molecule has 0 aromatic carbocycles. The van der Waals surface area contributed by atoms with E-state index < -0.39 is 6.17 Å². The molecule has 0 bridgehead atoms. The second-order valence-electron chi connectivity index (χ2n) is 4.75. The molecule has 0 N–H and O–H groups in total. The molecule has 2 unspecified atom stereocenters. The molecular formula is C10H18FNO. The highest BCUT2D eigenvalue weighted by Gasteiger charge is 2.34. The lowest BCUT2D eigenvalue weighted by molar-refractivity contribution is -0.113. The van der Waals surface area contributed by atoms with Crippen molar-refractivity contribution in [2.24, 2.45) is 5.92 Å². The highest BCUT2D eigenvalue weighted by molar-refractivity contribution is 5.56. The predicted octanol–water partition coefficient (Wildman–Crippen LogP) is 1.64. The number of alkyl halides is 1. The van der Waals surface area contributed by atoms with E-state index in [-0.39, 0.29) is 11.5 Å². The van der Waals surface area contributed by atoms with Gasteiger partial charge in [0.25, 0.3) is 0 Å². The maximum atomic E-state index is 13.0. The van der Waals surface area contributed by atoms with Crippen LogP contribution in [-0.4, -0.2) is 36.0 Å². The van der Waals surface area contributed by atoms with Crippen LogP contribution in [0.4, 0.5) is 4.39 Å². The van der Waals surface area contributed by atoms with E-state index in [0.29, 0.717) is 12.8 Å². The van der Waals surface area contributed by atoms with E-state index in [1.165, 1.54) is 0 Å². The number of likely N-dealkylation sites (tertiary alicyclic amines) is 1. The number of rotatable bonds is 2. The van der Waals surface area contributed by atoms with E-state index >= 15 is 0 Å². The number of hydrogen-bond acceptors (Lipinski definition) is 2. The van der Waals surface area contributed by atoms with E-state index in [1.807, 2.05) is 0 Å². The fourth-order valence-electron chi connectivity index (χ4n) is 1.77. The van der Waals surface area contributed by atoms with E-state index in [2.05, 4.69) is 25.7 Å². The van der Waals surface area contributed by atoms with Crippen LogP contribution in [0.5, 0.6) is 0 Å². The quantitative estimate of drug-likeness (QED) is 0.612. The molecular weight excluding hydrogens is 169 g/mol. The van der Waals surface area contributed by atoms with Crippen molar-refractivity contribution in [1.29, 1.82) is 0 Å². The molecule has 2 atom stereocenters. The second kappa shape index (κ2) is 3.74. The molecule has 3 heteroatoms. The third-order valence-electron chi connectivity index (χ3n) is 2.75. The van der Waals surface area contributed by atoms with Crippen LogP contribution in [0.15, 0.2) is 0 Å². The number of hydrogen-bond donors (Lipinski definition) is 0. The lowest BCUT2D eigenvalue weighted by Gasteiger charge is -2.31. The Kier molecular flexibility index (Phi) is 3.06. The van der Waals surface area contributed by atoms with Crippen molar-refractivity contribution in [3.63, 3.8) is 0 Å². The summed E-state index contributed by atoms with van der Waals surface area (Å²) < 4.78 is 13.0. The molecule has 0 radical (unpaired) electrons. The van der Waals surface area contributed by atoms with E-state index in [1.54, 1.807) is 0 Å². The number of carbonyl (C=O) groups is 1. The summed E-state index contributed by atoms with van der Waals surface area (Å²) in [5.74, 6) is -0.0864. The standard InChI is InChI=1S/C10H18FNO/c1-10(2,3)12-5-4-8(6-12)9(11)7-13/h7-9H,4-6H2,1-3H3. The molecule has 0 spiro atoms. The number of halogens is 1. The topological polar surface area (TPSA) is 20.3 Å². The largest absolute Gasteiger partial charge is 0.300 e. The Bertz CT molecular complexity index is 188. The van der Waals surface area contributed by atoms with E-state index in [4.69, 9.17) is 0 Å². The maximum Gasteiger partial charge on any atom is 0.159 e. The van der Waals surface area contributed by atoms with Gasteiger partial charge in [-0.05, 0) is 33.7 Å². The molecule has 13 heavy (non-hydrogen) atoms. The van der Waals surface area contributed by atoms with Gasteiger partial charge >= 0.3 is 0 Å². The zero-order chi connectivity index (χ0) is 10.1. The molecule has 0 aromatic rings. The van der Waals surface area contributed by atoms with Gasteiger partial charge in [-0.15, -0.1) is 0 Å². The van der Waals surface area contributed by atoms with Crippen molar-refractivity contribution in [3.8, 4) is 0 Å². The summed E-state index contributed by atoms with van der Waals surface area (Å²) in [7, 11) is 0. The Balaban J connectivity index is 2.49. The molecule has 0 amide bonds. The van der Waals surface area contributed by atoms with Crippen LogP contribution >= 0.6 is 0 Å². The van der Waals surface area contributed by atoms with Crippen molar-refractivity contribution in [2.45, 2.75) is 38.9 Å². The maximum absolute atomic E-state index is 13.0. The number of nitrogens with zero attached hydrogens (tertiary/aromatic N) is 1. The minimum Gasteiger partial charge on any atom is -0.300 e. The van der Waals surface area contributed by atoms with Crippen LogP contribution in [0.25, 0.3) is 0 Å². The lowest BCUT2D eigenvalue weighted by Crippen LogP contribution is -2.40. The summed E-state index contributed by atoms with van der Waals surface area (Å²) >= 11 is 0. The Morgan fingerprint density at radius 3 is 2.54 bits per heavy atom. The Labute approximate surface area is 79.1 Å². The molecule has 0 aliphatic carbocycles. The number of carbonyl (C=O) groups excluding carboxylic acids is 1. The van der Waals surface area contributed by atoms with E-state index in [0.717, 1.165) is 13.0 Å². The second-order valence-corrected chi connectivity index (χ2v) is 4.75. The zero-order valence-corrected chi connectivity index (χ0v) is 8.59. The van der Waals surface area contributed by atoms with Crippen LogP contribution in [-0.2, 0) is 4.79 Å². The van der Waals surface area contributed by atoms with Crippen LogP contribution in [0.3, 0.4) is 0 Å².